The van der Waals surface area contributed by atoms with Gasteiger partial charge in [0.2, 0.25) is 17.8 Å². The number of nitrogens with two attached hydrogens (primary N) is 2. The molecule has 2 aliphatic carbocycles. The van der Waals surface area contributed by atoms with Gasteiger partial charge in [-0.1, -0.05) is 0 Å². The second-order valence-corrected chi connectivity index (χ2v) is 10.0. The Labute approximate surface area is 213 Å². The molecule has 0 atom stereocenters. The lowest BCUT2D eigenvalue weighted by atomic mass is 9.85. The topological polar surface area (TPSA) is 118 Å². The number of aromatic nitrogens is 3. The number of rotatable bonds is 11. The number of halogens is 6. The second-order valence-electron chi connectivity index (χ2n) is 10.0. The summed E-state index contributed by atoms with van der Waals surface area (Å²) < 4.78 is 78.3. The molecular weight excluding hydrogens is 502 g/mol. The Morgan fingerprint density at radius 3 is 1.35 bits per heavy atom. The molecule has 2 saturated carbocycles. The van der Waals surface area contributed by atoms with Gasteiger partial charge < -0.3 is 27.0 Å². The van der Waals surface area contributed by atoms with Crippen LogP contribution in [0.1, 0.15) is 64.2 Å². The van der Waals surface area contributed by atoms with Gasteiger partial charge in [0.15, 0.2) is 0 Å². The summed E-state index contributed by atoms with van der Waals surface area (Å²) in [5.74, 6) is -1.76. The normalized spacial score (nSPS) is 25.1. The van der Waals surface area contributed by atoms with E-state index in [1.165, 1.54) is 0 Å². The van der Waals surface area contributed by atoms with Crippen LogP contribution in [-0.4, -0.2) is 65.6 Å². The third-order valence-electron chi connectivity index (χ3n) is 7.22. The van der Waals surface area contributed by atoms with Crippen molar-refractivity contribution < 1.29 is 26.3 Å². The summed E-state index contributed by atoms with van der Waals surface area (Å²) in [4.78, 5) is 15.4. The van der Waals surface area contributed by atoms with E-state index in [0.717, 1.165) is 0 Å². The molecule has 14 heteroatoms. The predicted molar refractivity (Wildman–Crippen MR) is 130 cm³/mol. The van der Waals surface area contributed by atoms with Crippen molar-refractivity contribution in [2.24, 2.45) is 23.3 Å². The highest BCUT2D eigenvalue weighted by molar-refractivity contribution is 5.45. The van der Waals surface area contributed by atoms with E-state index in [1.807, 2.05) is 4.90 Å². The van der Waals surface area contributed by atoms with Crippen molar-refractivity contribution in [3.8, 4) is 0 Å². The molecule has 37 heavy (non-hydrogen) atoms. The lowest BCUT2D eigenvalue weighted by Gasteiger charge is -2.31. The van der Waals surface area contributed by atoms with Crippen molar-refractivity contribution in [1.29, 1.82) is 0 Å². The summed E-state index contributed by atoms with van der Waals surface area (Å²) in [5.41, 5.74) is 11.4. The molecule has 2 aliphatic rings. The van der Waals surface area contributed by atoms with Gasteiger partial charge in [0, 0.05) is 25.2 Å². The number of hydrogen-bond donors (Lipinski definition) is 4. The Morgan fingerprint density at radius 1 is 0.649 bits per heavy atom. The number of nitrogens with one attached hydrogen (secondary N) is 2. The lowest BCUT2D eigenvalue weighted by molar-refractivity contribution is -0.182. The zero-order valence-electron chi connectivity index (χ0n) is 20.9. The van der Waals surface area contributed by atoms with E-state index in [9.17, 15) is 26.3 Å². The molecule has 0 unspecified atom stereocenters. The maximum Gasteiger partial charge on any atom is 0.391 e. The van der Waals surface area contributed by atoms with E-state index in [1.54, 1.807) is 0 Å². The average molecular weight is 541 g/mol. The SMILES string of the molecule is NCCCN(CCCN)c1nc(NC2CCC(C(F)(F)F)CC2)nc(NC2CCC(C(F)(F)F)CC2)n1. The first kappa shape index (κ1) is 29.5. The zero-order valence-corrected chi connectivity index (χ0v) is 20.9. The van der Waals surface area contributed by atoms with Gasteiger partial charge in [0.05, 0.1) is 11.8 Å². The smallest absolute Gasteiger partial charge is 0.351 e. The van der Waals surface area contributed by atoms with Crippen LogP contribution in [0.4, 0.5) is 44.2 Å². The number of nitrogens with zero attached hydrogens (tertiary/aromatic N) is 4. The van der Waals surface area contributed by atoms with Gasteiger partial charge in [-0.2, -0.15) is 41.3 Å². The van der Waals surface area contributed by atoms with Crippen molar-refractivity contribution >= 4 is 17.8 Å². The number of alkyl halides is 6. The summed E-state index contributed by atoms with van der Waals surface area (Å²) in [5, 5.41) is 6.34. The molecule has 8 nitrogen and oxygen atoms in total. The van der Waals surface area contributed by atoms with Crippen molar-refractivity contribution in [1.82, 2.24) is 15.0 Å². The van der Waals surface area contributed by atoms with Crippen molar-refractivity contribution in [2.45, 2.75) is 88.6 Å². The van der Waals surface area contributed by atoms with Gasteiger partial charge in [-0.15, -0.1) is 0 Å². The molecule has 0 amide bonds. The zero-order chi connectivity index (χ0) is 27.1. The molecule has 1 heterocycles. The summed E-state index contributed by atoms with van der Waals surface area (Å²) in [6.07, 6.45) is -5.55. The second kappa shape index (κ2) is 13.1. The molecular formula is C23H38F6N8. The minimum absolute atomic E-state index is 0.0335. The molecule has 2 fully saturated rings. The molecule has 212 valence electrons. The Hall–Kier alpha value is -2.09. The van der Waals surface area contributed by atoms with Gasteiger partial charge in [0.1, 0.15) is 0 Å². The van der Waals surface area contributed by atoms with Crippen LogP contribution < -0.4 is 27.0 Å². The van der Waals surface area contributed by atoms with Gasteiger partial charge in [-0.25, -0.2) is 0 Å². The van der Waals surface area contributed by atoms with Gasteiger partial charge in [-0.3, -0.25) is 0 Å². The third kappa shape index (κ3) is 9.01. The van der Waals surface area contributed by atoms with E-state index in [2.05, 4.69) is 25.6 Å². The van der Waals surface area contributed by atoms with E-state index in [4.69, 9.17) is 11.5 Å². The molecule has 3 rings (SSSR count). The number of hydrogen-bond acceptors (Lipinski definition) is 8. The minimum Gasteiger partial charge on any atom is -0.351 e. The maximum absolute atomic E-state index is 13.1. The van der Waals surface area contributed by atoms with Gasteiger partial charge in [0.25, 0.3) is 0 Å². The summed E-state index contributed by atoms with van der Waals surface area (Å²) >= 11 is 0. The van der Waals surface area contributed by atoms with Crippen LogP contribution >= 0.6 is 0 Å². The molecule has 1 aromatic rings. The summed E-state index contributed by atoms with van der Waals surface area (Å²) in [6, 6.07) is -0.434. The van der Waals surface area contributed by atoms with E-state index in [-0.39, 0.29) is 49.7 Å². The lowest BCUT2D eigenvalue weighted by Crippen LogP contribution is -2.35. The first-order valence-corrected chi connectivity index (χ1v) is 13.1. The molecule has 0 aliphatic heterocycles. The predicted octanol–water partition coefficient (Wildman–Crippen LogP) is 4.44. The van der Waals surface area contributed by atoms with Crippen LogP contribution in [0.5, 0.6) is 0 Å². The van der Waals surface area contributed by atoms with Crippen molar-refractivity contribution in [3.63, 3.8) is 0 Å². The van der Waals surface area contributed by atoms with Gasteiger partial charge >= 0.3 is 12.4 Å². The highest BCUT2D eigenvalue weighted by Gasteiger charge is 2.42. The van der Waals surface area contributed by atoms with Crippen molar-refractivity contribution in [2.75, 3.05) is 41.7 Å². The van der Waals surface area contributed by atoms with Crippen LogP contribution in [0.15, 0.2) is 0 Å². The highest BCUT2D eigenvalue weighted by atomic mass is 19.4. The maximum atomic E-state index is 13.1. The van der Waals surface area contributed by atoms with E-state index < -0.39 is 24.2 Å². The largest absolute Gasteiger partial charge is 0.391 e. The Morgan fingerprint density at radius 2 is 1.03 bits per heavy atom. The molecule has 0 spiro atoms. The third-order valence-corrected chi connectivity index (χ3v) is 7.22. The quantitative estimate of drug-likeness (QED) is 0.304. The fraction of sp³-hybridized carbons (Fsp3) is 0.870. The first-order chi connectivity index (χ1) is 17.5. The van der Waals surface area contributed by atoms with Crippen LogP contribution in [0, 0.1) is 11.8 Å². The molecule has 0 saturated heterocycles. The Bertz CT molecular complexity index is 758. The van der Waals surface area contributed by atoms with Crippen LogP contribution in [-0.2, 0) is 0 Å². The minimum atomic E-state index is -4.19. The molecule has 1 aromatic heterocycles. The standard InChI is InChI=1S/C23H38F6N8/c24-22(25,26)15-3-7-17(8-4-15)32-19-34-20(33-18-9-5-16(6-10-18)23(27,28)29)36-21(35-19)37(13-1-11-30)14-2-12-31/h15-18H,1-14,30-31H2,(H2,32,33,34,35,36). The Balaban J connectivity index is 1.75. The highest BCUT2D eigenvalue weighted by Crippen LogP contribution is 2.39. The average Bonchev–Trinajstić information content (AvgIpc) is 2.83. The molecule has 6 N–H and O–H groups in total. The van der Waals surface area contributed by atoms with Crippen LogP contribution in [0.3, 0.4) is 0 Å². The monoisotopic (exact) mass is 540 g/mol. The molecule has 0 radical (unpaired) electrons. The fourth-order valence-corrected chi connectivity index (χ4v) is 5.01. The summed E-state index contributed by atoms with van der Waals surface area (Å²) in [7, 11) is 0. The van der Waals surface area contributed by atoms with E-state index in [0.29, 0.717) is 70.7 Å². The first-order valence-electron chi connectivity index (χ1n) is 13.1. The Kier molecular flexibility index (Phi) is 10.4. The van der Waals surface area contributed by atoms with Crippen LogP contribution in [0.25, 0.3) is 0 Å². The summed E-state index contributed by atoms with van der Waals surface area (Å²) in [6.45, 7) is 2.08. The van der Waals surface area contributed by atoms with E-state index >= 15 is 0 Å². The van der Waals surface area contributed by atoms with Crippen molar-refractivity contribution in [3.05, 3.63) is 0 Å². The molecule has 0 bridgehead atoms. The molecule has 0 aromatic carbocycles. The number of anilines is 3. The van der Waals surface area contributed by atoms with Gasteiger partial charge in [-0.05, 0) is 77.3 Å². The fourth-order valence-electron chi connectivity index (χ4n) is 5.01. The van der Waals surface area contributed by atoms with Crippen LogP contribution in [0.2, 0.25) is 0 Å².